The first kappa shape index (κ1) is 16.0. The Kier molecular flexibility index (Phi) is 4.40. The predicted octanol–water partition coefficient (Wildman–Crippen LogP) is 3.97. The van der Waals surface area contributed by atoms with Gasteiger partial charge in [0.25, 0.3) is 5.56 Å². The van der Waals surface area contributed by atoms with Crippen LogP contribution in [0.25, 0.3) is 11.3 Å². The minimum Gasteiger partial charge on any atom is -0.310 e. The molecule has 0 unspecified atom stereocenters. The molecule has 122 valence electrons. The number of benzene rings is 1. The predicted molar refractivity (Wildman–Crippen MR) is 95.9 cm³/mol. The topological polar surface area (TPSA) is 34.0 Å². The molecule has 0 atom stereocenters. The molecule has 1 saturated carbocycles. The van der Waals surface area contributed by atoms with Crippen LogP contribution in [0.4, 0.5) is 0 Å². The van der Waals surface area contributed by atoms with E-state index in [2.05, 4.69) is 57.3 Å². The zero-order valence-corrected chi connectivity index (χ0v) is 14.5. The number of nitrogens with zero attached hydrogens (tertiary/aromatic N) is 1. The van der Waals surface area contributed by atoms with E-state index in [9.17, 15) is 4.79 Å². The van der Waals surface area contributed by atoms with Crippen molar-refractivity contribution < 1.29 is 0 Å². The quantitative estimate of drug-likeness (QED) is 0.907. The highest BCUT2D eigenvalue weighted by Gasteiger charge is 2.28. The van der Waals surface area contributed by atoms with Gasteiger partial charge in [-0.15, -0.1) is 0 Å². The normalized spacial score (nSPS) is 14.5. The molecular weight excluding hydrogens is 284 g/mol. The van der Waals surface area contributed by atoms with Crippen molar-refractivity contribution in [2.75, 3.05) is 0 Å². The van der Waals surface area contributed by atoms with E-state index in [-0.39, 0.29) is 5.56 Å². The van der Waals surface area contributed by atoms with E-state index in [1.54, 1.807) is 0 Å². The third kappa shape index (κ3) is 3.40. The van der Waals surface area contributed by atoms with Crippen molar-refractivity contribution >= 4 is 0 Å². The molecule has 0 bridgehead atoms. The van der Waals surface area contributed by atoms with Crippen molar-refractivity contribution in [2.24, 2.45) is 0 Å². The van der Waals surface area contributed by atoms with E-state index in [0.29, 0.717) is 18.6 Å². The smallest absolute Gasteiger partial charge is 0.255 e. The zero-order valence-electron chi connectivity index (χ0n) is 14.5. The first-order valence-electron chi connectivity index (χ1n) is 8.53. The van der Waals surface area contributed by atoms with E-state index in [1.165, 1.54) is 16.7 Å². The van der Waals surface area contributed by atoms with Crippen LogP contribution in [-0.4, -0.2) is 10.6 Å². The van der Waals surface area contributed by atoms with E-state index >= 15 is 0 Å². The highest BCUT2D eigenvalue weighted by Crippen LogP contribution is 2.37. The lowest BCUT2D eigenvalue weighted by atomic mass is 10.0. The van der Waals surface area contributed by atoms with Gasteiger partial charge in [-0.1, -0.05) is 37.6 Å². The van der Waals surface area contributed by atoms with Crippen LogP contribution < -0.4 is 10.9 Å². The Balaban J connectivity index is 2.09. The molecule has 3 heteroatoms. The molecule has 1 aliphatic rings. The fourth-order valence-electron chi connectivity index (χ4n) is 2.97. The summed E-state index contributed by atoms with van der Waals surface area (Å²) in [7, 11) is 0. The van der Waals surface area contributed by atoms with E-state index in [4.69, 9.17) is 0 Å². The maximum Gasteiger partial charge on any atom is 0.255 e. The molecule has 1 aliphatic carbocycles. The molecule has 2 aromatic rings. The second-order valence-corrected chi connectivity index (χ2v) is 7.00. The van der Waals surface area contributed by atoms with E-state index in [1.807, 2.05) is 10.6 Å². The van der Waals surface area contributed by atoms with Gasteiger partial charge in [-0.05, 0) is 44.4 Å². The summed E-state index contributed by atoms with van der Waals surface area (Å²) in [5, 5.41) is 3.36. The summed E-state index contributed by atoms with van der Waals surface area (Å²) in [5.74, 6) is 0. The molecule has 1 N–H and O–H groups in total. The monoisotopic (exact) mass is 310 g/mol. The van der Waals surface area contributed by atoms with Gasteiger partial charge in [0.05, 0.1) is 5.69 Å². The summed E-state index contributed by atoms with van der Waals surface area (Å²) in [5.41, 5.74) is 5.71. The molecule has 1 heterocycles. The third-order valence-corrected chi connectivity index (χ3v) is 4.48. The van der Waals surface area contributed by atoms with Crippen LogP contribution in [-0.2, 0) is 6.54 Å². The Morgan fingerprint density at radius 1 is 1.17 bits per heavy atom. The molecule has 1 aromatic heterocycles. The minimum absolute atomic E-state index is 0.166. The first-order valence-corrected chi connectivity index (χ1v) is 8.53. The molecule has 0 spiro atoms. The molecule has 1 aromatic carbocycles. The van der Waals surface area contributed by atoms with Gasteiger partial charge in [0, 0.05) is 29.8 Å². The second-order valence-electron chi connectivity index (χ2n) is 7.00. The fourth-order valence-corrected chi connectivity index (χ4v) is 2.97. The molecule has 0 saturated heterocycles. The lowest BCUT2D eigenvalue weighted by Crippen LogP contribution is -2.30. The second kappa shape index (κ2) is 6.32. The fraction of sp³-hybridized carbons (Fsp3) is 0.450. The van der Waals surface area contributed by atoms with Gasteiger partial charge in [0.1, 0.15) is 0 Å². The Morgan fingerprint density at radius 3 is 2.57 bits per heavy atom. The lowest BCUT2D eigenvalue weighted by molar-refractivity contribution is 0.579. The molecule has 23 heavy (non-hydrogen) atoms. The standard InChI is InChI=1S/C20H26N2O/c1-13(2)21-12-16-7-10-19(22(20(16)23)17-8-9-17)18-11-14(3)5-6-15(18)4/h5-7,10-11,13,17,21H,8-9,12H2,1-4H3. The largest absolute Gasteiger partial charge is 0.310 e. The Hall–Kier alpha value is -1.87. The van der Waals surface area contributed by atoms with Crippen molar-refractivity contribution in [3.05, 3.63) is 57.4 Å². The van der Waals surface area contributed by atoms with Crippen LogP contribution >= 0.6 is 0 Å². The number of aryl methyl sites for hydroxylation is 2. The van der Waals surface area contributed by atoms with Crippen molar-refractivity contribution in [3.63, 3.8) is 0 Å². The van der Waals surface area contributed by atoms with Gasteiger partial charge in [0.15, 0.2) is 0 Å². The molecular formula is C20H26N2O. The SMILES string of the molecule is Cc1ccc(C)c(-c2ccc(CNC(C)C)c(=O)n2C2CC2)c1. The summed E-state index contributed by atoms with van der Waals surface area (Å²) in [6.45, 7) is 9.05. The number of pyridine rings is 1. The van der Waals surface area contributed by atoms with Crippen molar-refractivity contribution in [2.45, 2.75) is 59.2 Å². The summed E-state index contributed by atoms with van der Waals surface area (Å²) < 4.78 is 2.03. The Morgan fingerprint density at radius 2 is 1.91 bits per heavy atom. The maximum atomic E-state index is 13.0. The van der Waals surface area contributed by atoms with Crippen molar-refractivity contribution in [3.8, 4) is 11.3 Å². The first-order chi connectivity index (χ1) is 11.0. The zero-order chi connectivity index (χ0) is 16.6. The van der Waals surface area contributed by atoms with Gasteiger partial charge in [-0.2, -0.15) is 0 Å². The molecule has 0 amide bonds. The van der Waals surface area contributed by atoms with Crippen molar-refractivity contribution in [1.29, 1.82) is 0 Å². The van der Waals surface area contributed by atoms with Crippen molar-refractivity contribution in [1.82, 2.24) is 9.88 Å². The molecule has 0 radical (unpaired) electrons. The minimum atomic E-state index is 0.166. The Labute approximate surface area is 138 Å². The Bertz CT molecular complexity index is 770. The average molecular weight is 310 g/mol. The highest BCUT2D eigenvalue weighted by atomic mass is 16.1. The number of hydrogen-bond donors (Lipinski definition) is 1. The molecule has 3 nitrogen and oxygen atoms in total. The van der Waals surface area contributed by atoms with Crippen LogP contribution in [0.5, 0.6) is 0 Å². The summed E-state index contributed by atoms with van der Waals surface area (Å²) >= 11 is 0. The third-order valence-electron chi connectivity index (χ3n) is 4.48. The van der Waals surface area contributed by atoms with Crippen LogP contribution in [0.3, 0.4) is 0 Å². The molecule has 3 rings (SSSR count). The number of aromatic nitrogens is 1. The lowest BCUT2D eigenvalue weighted by Gasteiger charge is -2.17. The number of nitrogens with one attached hydrogen (secondary N) is 1. The average Bonchev–Trinajstić information content (AvgIpc) is 3.32. The van der Waals surface area contributed by atoms with Crippen LogP contribution in [0.2, 0.25) is 0 Å². The molecule has 0 aliphatic heterocycles. The van der Waals surface area contributed by atoms with Crippen LogP contribution in [0.15, 0.2) is 35.1 Å². The van der Waals surface area contributed by atoms with Crippen LogP contribution in [0, 0.1) is 13.8 Å². The van der Waals surface area contributed by atoms with Gasteiger partial charge in [-0.25, -0.2) is 0 Å². The molecule has 1 fully saturated rings. The van der Waals surface area contributed by atoms with Gasteiger partial charge < -0.3 is 9.88 Å². The summed E-state index contributed by atoms with van der Waals surface area (Å²) in [4.78, 5) is 13.0. The van der Waals surface area contributed by atoms with Crippen LogP contribution in [0.1, 0.15) is 49.4 Å². The van der Waals surface area contributed by atoms with Gasteiger partial charge in [0.2, 0.25) is 0 Å². The van der Waals surface area contributed by atoms with E-state index in [0.717, 1.165) is 24.1 Å². The summed E-state index contributed by atoms with van der Waals surface area (Å²) in [6.07, 6.45) is 2.22. The van der Waals surface area contributed by atoms with Gasteiger partial charge in [-0.3, -0.25) is 4.79 Å². The number of rotatable bonds is 5. The van der Waals surface area contributed by atoms with Gasteiger partial charge >= 0.3 is 0 Å². The number of hydrogen-bond acceptors (Lipinski definition) is 2. The maximum absolute atomic E-state index is 13.0. The summed E-state index contributed by atoms with van der Waals surface area (Å²) in [6, 6.07) is 11.3. The van der Waals surface area contributed by atoms with E-state index < -0.39 is 0 Å². The highest BCUT2D eigenvalue weighted by molar-refractivity contribution is 5.65.